The first-order chi connectivity index (χ1) is 8.49. The van der Waals surface area contributed by atoms with Gasteiger partial charge in [-0.25, -0.2) is 0 Å². The number of likely N-dealkylation sites (N-methyl/N-ethyl adjacent to an activating group) is 1. The standard InChI is InChI=1S/C12H14N4O2/c1-16(6-11(14)17)12(18)9-5-15-10-3-2-7(13)4-8(9)10/h2-5,15H,6,13H2,1H3,(H2,14,17). The van der Waals surface area contributed by atoms with E-state index in [-0.39, 0.29) is 12.5 Å². The molecule has 0 saturated heterocycles. The highest BCUT2D eigenvalue weighted by molar-refractivity contribution is 6.08. The number of carbonyl (C=O) groups is 2. The zero-order valence-corrected chi connectivity index (χ0v) is 9.93. The molecule has 2 amide bonds. The summed E-state index contributed by atoms with van der Waals surface area (Å²) in [6, 6.07) is 5.27. The van der Waals surface area contributed by atoms with Crippen LogP contribution in [0.3, 0.4) is 0 Å². The average molecular weight is 246 g/mol. The molecule has 0 aliphatic rings. The average Bonchev–Trinajstić information content (AvgIpc) is 2.69. The Hall–Kier alpha value is -2.50. The van der Waals surface area contributed by atoms with Gasteiger partial charge in [0.15, 0.2) is 0 Å². The molecule has 1 heterocycles. The Kier molecular flexibility index (Phi) is 2.93. The maximum Gasteiger partial charge on any atom is 0.256 e. The fourth-order valence-electron chi connectivity index (χ4n) is 1.83. The van der Waals surface area contributed by atoms with Crippen LogP contribution in [0.5, 0.6) is 0 Å². The number of nitrogens with zero attached hydrogens (tertiary/aromatic N) is 1. The van der Waals surface area contributed by atoms with E-state index in [9.17, 15) is 9.59 Å². The van der Waals surface area contributed by atoms with Crippen molar-refractivity contribution in [3.63, 3.8) is 0 Å². The van der Waals surface area contributed by atoms with E-state index >= 15 is 0 Å². The molecule has 6 nitrogen and oxygen atoms in total. The van der Waals surface area contributed by atoms with Crippen molar-refractivity contribution in [1.29, 1.82) is 0 Å². The van der Waals surface area contributed by atoms with Crippen LogP contribution in [0.25, 0.3) is 10.9 Å². The molecular formula is C12H14N4O2. The third-order valence-electron chi connectivity index (χ3n) is 2.68. The predicted molar refractivity (Wildman–Crippen MR) is 68.9 cm³/mol. The van der Waals surface area contributed by atoms with E-state index in [4.69, 9.17) is 11.5 Å². The Morgan fingerprint density at radius 1 is 1.39 bits per heavy atom. The minimum absolute atomic E-state index is 0.117. The third kappa shape index (κ3) is 2.13. The normalized spacial score (nSPS) is 10.5. The van der Waals surface area contributed by atoms with Crippen molar-refractivity contribution in [2.75, 3.05) is 19.3 Å². The molecule has 1 aromatic heterocycles. The molecule has 18 heavy (non-hydrogen) atoms. The number of nitrogens with one attached hydrogen (secondary N) is 1. The zero-order chi connectivity index (χ0) is 13.3. The largest absolute Gasteiger partial charge is 0.399 e. The van der Waals surface area contributed by atoms with Crippen LogP contribution in [-0.2, 0) is 4.79 Å². The van der Waals surface area contributed by atoms with Crippen LogP contribution in [0.1, 0.15) is 10.4 Å². The van der Waals surface area contributed by atoms with Crippen LogP contribution in [0.4, 0.5) is 5.69 Å². The number of primary amides is 1. The number of hydrogen-bond donors (Lipinski definition) is 3. The van der Waals surface area contributed by atoms with Gasteiger partial charge in [-0.1, -0.05) is 0 Å². The van der Waals surface area contributed by atoms with Crippen LogP contribution in [-0.4, -0.2) is 35.3 Å². The summed E-state index contributed by atoms with van der Waals surface area (Å²) in [5.74, 6) is -0.823. The molecule has 0 aliphatic heterocycles. The van der Waals surface area contributed by atoms with Gasteiger partial charge in [0, 0.05) is 29.8 Å². The van der Waals surface area contributed by atoms with Crippen LogP contribution < -0.4 is 11.5 Å². The van der Waals surface area contributed by atoms with Gasteiger partial charge in [-0.3, -0.25) is 9.59 Å². The first-order valence-corrected chi connectivity index (χ1v) is 5.39. The smallest absolute Gasteiger partial charge is 0.256 e. The van der Waals surface area contributed by atoms with Crippen LogP contribution in [0, 0.1) is 0 Å². The quantitative estimate of drug-likeness (QED) is 0.678. The molecule has 2 aromatic rings. The summed E-state index contributed by atoms with van der Waals surface area (Å²) in [5.41, 5.74) is 12.6. The lowest BCUT2D eigenvalue weighted by Gasteiger charge is -2.14. The molecule has 0 spiro atoms. The van der Waals surface area contributed by atoms with Gasteiger partial charge in [-0.2, -0.15) is 0 Å². The molecule has 0 bridgehead atoms. The van der Waals surface area contributed by atoms with Crippen LogP contribution in [0.2, 0.25) is 0 Å². The first-order valence-electron chi connectivity index (χ1n) is 5.39. The maximum absolute atomic E-state index is 12.1. The summed E-state index contributed by atoms with van der Waals surface area (Å²) >= 11 is 0. The highest BCUT2D eigenvalue weighted by Crippen LogP contribution is 2.21. The first kappa shape index (κ1) is 12.0. The van der Waals surface area contributed by atoms with Gasteiger partial charge in [-0.15, -0.1) is 0 Å². The lowest BCUT2D eigenvalue weighted by Crippen LogP contribution is -2.35. The van der Waals surface area contributed by atoms with Gasteiger partial charge >= 0.3 is 0 Å². The van der Waals surface area contributed by atoms with Crippen molar-refractivity contribution in [1.82, 2.24) is 9.88 Å². The highest BCUT2D eigenvalue weighted by atomic mass is 16.2. The molecule has 2 rings (SSSR count). The van der Waals surface area contributed by atoms with Gasteiger partial charge in [0.1, 0.15) is 0 Å². The van der Waals surface area contributed by atoms with Gasteiger partial charge in [0.05, 0.1) is 12.1 Å². The molecule has 1 aromatic carbocycles. The molecule has 0 unspecified atom stereocenters. The molecule has 6 heteroatoms. The van der Waals surface area contributed by atoms with Gasteiger partial charge in [0.25, 0.3) is 5.91 Å². The monoisotopic (exact) mass is 246 g/mol. The number of H-pyrrole nitrogens is 1. The van der Waals surface area contributed by atoms with E-state index in [1.165, 1.54) is 11.9 Å². The summed E-state index contributed by atoms with van der Waals surface area (Å²) in [4.78, 5) is 27.2. The van der Waals surface area contributed by atoms with Crippen molar-refractivity contribution in [2.45, 2.75) is 0 Å². The van der Waals surface area contributed by atoms with Crippen molar-refractivity contribution in [3.05, 3.63) is 30.0 Å². The van der Waals surface area contributed by atoms with Gasteiger partial charge < -0.3 is 21.4 Å². The summed E-state index contributed by atoms with van der Waals surface area (Å²) in [6.07, 6.45) is 1.60. The number of hydrogen-bond acceptors (Lipinski definition) is 3. The number of rotatable bonds is 3. The Bertz CT molecular complexity index is 618. The van der Waals surface area contributed by atoms with E-state index in [0.717, 1.165) is 10.9 Å². The summed E-state index contributed by atoms with van der Waals surface area (Å²) in [5, 5.41) is 0.733. The molecule has 0 radical (unpaired) electrons. The predicted octanol–water partition coefficient (Wildman–Crippen LogP) is 0.307. The second kappa shape index (κ2) is 4.40. The van der Waals surface area contributed by atoms with E-state index in [1.54, 1.807) is 24.4 Å². The van der Waals surface area contributed by atoms with E-state index < -0.39 is 5.91 Å². The molecular weight excluding hydrogens is 232 g/mol. The number of carbonyl (C=O) groups excluding carboxylic acids is 2. The number of benzene rings is 1. The topological polar surface area (TPSA) is 105 Å². The second-order valence-corrected chi connectivity index (χ2v) is 4.13. The lowest BCUT2D eigenvalue weighted by atomic mass is 10.1. The number of amides is 2. The van der Waals surface area contributed by atoms with Crippen LogP contribution in [0.15, 0.2) is 24.4 Å². The molecule has 94 valence electrons. The Morgan fingerprint density at radius 3 is 2.78 bits per heavy atom. The minimum atomic E-state index is -0.551. The van der Waals surface area contributed by atoms with Crippen molar-refractivity contribution >= 4 is 28.4 Å². The molecule has 0 atom stereocenters. The Balaban J connectivity index is 2.38. The number of nitrogens with two attached hydrogens (primary N) is 2. The number of anilines is 1. The van der Waals surface area contributed by atoms with Crippen molar-refractivity contribution < 1.29 is 9.59 Å². The Morgan fingerprint density at radius 2 is 2.11 bits per heavy atom. The fraction of sp³-hybridized carbons (Fsp3) is 0.167. The second-order valence-electron chi connectivity index (χ2n) is 4.13. The third-order valence-corrected chi connectivity index (χ3v) is 2.68. The number of aromatic nitrogens is 1. The summed E-state index contributed by atoms with van der Waals surface area (Å²) < 4.78 is 0. The van der Waals surface area contributed by atoms with Gasteiger partial charge in [0.2, 0.25) is 5.91 Å². The lowest BCUT2D eigenvalue weighted by molar-refractivity contribution is -0.118. The van der Waals surface area contributed by atoms with Gasteiger partial charge in [-0.05, 0) is 18.2 Å². The minimum Gasteiger partial charge on any atom is -0.399 e. The summed E-state index contributed by atoms with van der Waals surface area (Å²) in [7, 11) is 1.53. The van der Waals surface area contributed by atoms with Crippen molar-refractivity contribution in [2.24, 2.45) is 5.73 Å². The SMILES string of the molecule is CN(CC(N)=O)C(=O)c1c[nH]c2ccc(N)cc12. The zero-order valence-electron chi connectivity index (χ0n) is 9.93. The van der Waals surface area contributed by atoms with E-state index in [1.807, 2.05) is 0 Å². The maximum atomic E-state index is 12.1. The molecule has 0 aliphatic carbocycles. The molecule has 0 saturated carbocycles. The Labute approximate surface area is 104 Å². The van der Waals surface area contributed by atoms with Crippen molar-refractivity contribution in [3.8, 4) is 0 Å². The van der Waals surface area contributed by atoms with E-state index in [0.29, 0.717) is 11.3 Å². The van der Waals surface area contributed by atoms with Crippen LogP contribution >= 0.6 is 0 Å². The summed E-state index contributed by atoms with van der Waals surface area (Å²) in [6.45, 7) is -0.117. The number of aromatic amines is 1. The number of nitrogen functional groups attached to an aromatic ring is 1. The highest BCUT2D eigenvalue weighted by Gasteiger charge is 2.17. The molecule has 0 fully saturated rings. The molecule has 5 N–H and O–H groups in total. The number of fused-ring (bicyclic) bond motifs is 1. The van der Waals surface area contributed by atoms with E-state index in [2.05, 4.69) is 4.98 Å². The fourth-order valence-corrected chi connectivity index (χ4v) is 1.83.